The van der Waals surface area contributed by atoms with Gasteiger partial charge in [-0.1, -0.05) is 18.0 Å². The van der Waals surface area contributed by atoms with Crippen molar-refractivity contribution in [1.29, 1.82) is 0 Å². The minimum Gasteiger partial charge on any atom is -0.477 e. The summed E-state index contributed by atoms with van der Waals surface area (Å²) in [5.41, 5.74) is 5.13. The van der Waals surface area contributed by atoms with Crippen LogP contribution < -0.4 is 11.1 Å². The van der Waals surface area contributed by atoms with Crippen molar-refractivity contribution in [3.63, 3.8) is 0 Å². The Morgan fingerprint density at radius 2 is 1.96 bits per heavy atom. The fraction of sp³-hybridized carbons (Fsp3) is 0.647. The number of β-lactam (4-membered cyclic amide) rings is 1. The Balaban J connectivity index is 1.78. The summed E-state index contributed by atoms with van der Waals surface area (Å²) in [6.07, 6.45) is 2.59. The number of hydroxylamine groups is 2. The van der Waals surface area contributed by atoms with E-state index in [0.29, 0.717) is 30.9 Å². The molecule has 0 aliphatic carbocycles. The topological polar surface area (TPSA) is 153 Å². The van der Waals surface area contributed by atoms with E-state index in [4.69, 9.17) is 17.3 Å². The van der Waals surface area contributed by atoms with E-state index in [2.05, 4.69) is 5.32 Å². The average molecular weight is 417 g/mol. The van der Waals surface area contributed by atoms with Crippen molar-refractivity contribution in [2.24, 2.45) is 5.73 Å². The molecule has 0 spiro atoms. The minimum absolute atomic E-state index is 0.113. The van der Waals surface area contributed by atoms with E-state index in [1.807, 2.05) is 0 Å². The fourth-order valence-corrected chi connectivity index (χ4v) is 3.60. The second-order valence-corrected chi connectivity index (χ2v) is 7.24. The number of fused-ring (bicyclic) bond motifs is 1. The standard InChI is InChI=1S/C17H25ClN4O6/c18-10-4-5-11-14(16(25)22(11)15(10)17(26)27)20-12(23)6-7-13(24)21(28)9-3-1-2-8-19/h11,14,28H,1-9,19H2,(H,20,23)(H,26,27)/t11-,14+/m1/s1. The number of nitrogens with one attached hydrogen (secondary N) is 1. The molecule has 2 aliphatic heterocycles. The molecule has 28 heavy (non-hydrogen) atoms. The maximum absolute atomic E-state index is 12.2. The lowest BCUT2D eigenvalue weighted by atomic mass is 9.86. The zero-order valence-corrected chi connectivity index (χ0v) is 16.2. The maximum atomic E-state index is 12.2. The second-order valence-electron chi connectivity index (χ2n) is 6.78. The number of rotatable bonds is 10. The fourth-order valence-electron chi connectivity index (χ4n) is 3.32. The van der Waals surface area contributed by atoms with E-state index in [9.17, 15) is 29.5 Å². The van der Waals surface area contributed by atoms with Crippen LogP contribution in [0.2, 0.25) is 0 Å². The molecule has 0 bridgehead atoms. The average Bonchev–Trinajstić information content (AvgIpc) is 2.66. The van der Waals surface area contributed by atoms with Gasteiger partial charge in [-0.15, -0.1) is 0 Å². The van der Waals surface area contributed by atoms with E-state index in [1.165, 1.54) is 0 Å². The van der Waals surface area contributed by atoms with Crippen LogP contribution in [0.5, 0.6) is 0 Å². The normalized spacial score (nSPS) is 21.1. The van der Waals surface area contributed by atoms with Gasteiger partial charge in [0, 0.05) is 24.4 Å². The maximum Gasteiger partial charge on any atom is 0.353 e. The van der Waals surface area contributed by atoms with Gasteiger partial charge in [-0.2, -0.15) is 0 Å². The molecule has 5 N–H and O–H groups in total. The molecule has 2 aliphatic rings. The second kappa shape index (κ2) is 9.85. The van der Waals surface area contributed by atoms with Gasteiger partial charge in [-0.05, 0) is 32.2 Å². The van der Waals surface area contributed by atoms with Gasteiger partial charge in [0.15, 0.2) is 0 Å². The summed E-state index contributed by atoms with van der Waals surface area (Å²) in [5, 5.41) is 22.1. The van der Waals surface area contributed by atoms with Crippen LogP contribution in [0.4, 0.5) is 0 Å². The Bertz CT molecular complexity index is 683. The summed E-state index contributed by atoms with van der Waals surface area (Å²) in [6.45, 7) is 0.720. The minimum atomic E-state index is -1.28. The van der Waals surface area contributed by atoms with Crippen molar-refractivity contribution < 1.29 is 29.5 Å². The van der Waals surface area contributed by atoms with E-state index in [0.717, 1.165) is 17.7 Å². The lowest BCUT2D eigenvalue weighted by molar-refractivity contribution is -0.166. The first-order valence-electron chi connectivity index (χ1n) is 9.21. The smallest absolute Gasteiger partial charge is 0.353 e. The third-order valence-electron chi connectivity index (χ3n) is 4.82. The molecular weight excluding hydrogens is 392 g/mol. The van der Waals surface area contributed by atoms with Crippen molar-refractivity contribution in [2.45, 2.75) is 57.0 Å². The molecule has 0 saturated carbocycles. The first-order chi connectivity index (χ1) is 13.3. The van der Waals surface area contributed by atoms with Crippen molar-refractivity contribution in [3.8, 4) is 0 Å². The van der Waals surface area contributed by atoms with Crippen LogP contribution >= 0.6 is 11.6 Å². The molecule has 0 aromatic rings. The first kappa shape index (κ1) is 22.1. The van der Waals surface area contributed by atoms with Crippen LogP contribution in [0.1, 0.15) is 44.9 Å². The third kappa shape index (κ3) is 5.00. The van der Waals surface area contributed by atoms with Crippen molar-refractivity contribution >= 4 is 35.3 Å². The molecule has 156 valence electrons. The van der Waals surface area contributed by atoms with Crippen LogP contribution in [0.15, 0.2) is 10.7 Å². The lowest BCUT2D eigenvalue weighted by Crippen LogP contribution is -2.71. The molecule has 0 aromatic carbocycles. The molecular formula is C17H25ClN4O6. The molecule has 0 unspecified atom stereocenters. The molecule has 0 radical (unpaired) electrons. The summed E-state index contributed by atoms with van der Waals surface area (Å²) in [5.74, 6) is -2.91. The zero-order valence-electron chi connectivity index (χ0n) is 15.4. The molecule has 2 atom stereocenters. The quantitative estimate of drug-likeness (QED) is 0.171. The summed E-state index contributed by atoms with van der Waals surface area (Å²) < 4.78 is 0. The molecule has 0 aromatic heterocycles. The molecule has 2 rings (SSSR count). The lowest BCUT2D eigenvalue weighted by Gasteiger charge is -2.49. The number of aliphatic carboxylic acids is 1. The van der Waals surface area contributed by atoms with E-state index in [-0.39, 0.29) is 30.1 Å². The number of amides is 3. The molecule has 10 nitrogen and oxygen atoms in total. The van der Waals surface area contributed by atoms with Crippen molar-refractivity contribution in [3.05, 3.63) is 10.7 Å². The monoisotopic (exact) mass is 416 g/mol. The van der Waals surface area contributed by atoms with Gasteiger partial charge in [-0.25, -0.2) is 9.86 Å². The van der Waals surface area contributed by atoms with E-state index >= 15 is 0 Å². The van der Waals surface area contributed by atoms with Crippen LogP contribution in [-0.2, 0) is 19.2 Å². The van der Waals surface area contributed by atoms with Gasteiger partial charge < -0.3 is 16.2 Å². The van der Waals surface area contributed by atoms with E-state index < -0.39 is 35.8 Å². The number of hydrogen-bond donors (Lipinski definition) is 4. The van der Waals surface area contributed by atoms with Gasteiger partial charge >= 0.3 is 5.97 Å². The van der Waals surface area contributed by atoms with Crippen LogP contribution in [-0.4, -0.2) is 69.1 Å². The van der Waals surface area contributed by atoms with Crippen LogP contribution in [0.3, 0.4) is 0 Å². The Labute approximate surface area is 167 Å². The number of allylic oxidation sites excluding steroid dienone is 1. The number of carbonyl (C=O) groups excluding carboxylic acids is 3. The number of hydrogen-bond acceptors (Lipinski definition) is 6. The number of halogens is 1. The van der Waals surface area contributed by atoms with Crippen molar-refractivity contribution in [2.75, 3.05) is 13.1 Å². The predicted octanol–water partition coefficient (Wildman–Crippen LogP) is 0.138. The number of nitrogens with zero attached hydrogens (tertiary/aromatic N) is 2. The Hall–Kier alpha value is -2.17. The molecule has 11 heteroatoms. The van der Waals surface area contributed by atoms with Crippen LogP contribution in [0, 0.1) is 0 Å². The Morgan fingerprint density at radius 1 is 1.25 bits per heavy atom. The van der Waals surface area contributed by atoms with Crippen LogP contribution in [0.25, 0.3) is 0 Å². The van der Waals surface area contributed by atoms with E-state index in [1.54, 1.807) is 0 Å². The van der Waals surface area contributed by atoms with Gasteiger partial charge in [0.25, 0.3) is 5.91 Å². The predicted molar refractivity (Wildman–Crippen MR) is 98.0 cm³/mol. The number of carbonyl (C=O) groups is 4. The zero-order chi connectivity index (χ0) is 20.8. The molecule has 2 heterocycles. The highest BCUT2D eigenvalue weighted by Crippen LogP contribution is 2.38. The molecule has 1 fully saturated rings. The number of carboxylic acid groups (broad SMARTS) is 1. The largest absolute Gasteiger partial charge is 0.477 e. The number of carboxylic acids is 1. The first-order valence-corrected chi connectivity index (χ1v) is 9.59. The summed E-state index contributed by atoms with van der Waals surface area (Å²) in [6, 6.07) is -1.29. The Morgan fingerprint density at radius 3 is 2.61 bits per heavy atom. The molecule has 3 amide bonds. The van der Waals surface area contributed by atoms with Gasteiger partial charge in [-0.3, -0.25) is 24.5 Å². The van der Waals surface area contributed by atoms with Gasteiger partial charge in [0.2, 0.25) is 11.8 Å². The van der Waals surface area contributed by atoms with Gasteiger partial charge in [0.05, 0.1) is 6.04 Å². The van der Waals surface area contributed by atoms with Crippen molar-refractivity contribution in [1.82, 2.24) is 15.3 Å². The summed E-state index contributed by atoms with van der Waals surface area (Å²) >= 11 is 5.90. The summed E-state index contributed by atoms with van der Waals surface area (Å²) in [7, 11) is 0. The highest BCUT2D eigenvalue weighted by atomic mass is 35.5. The highest BCUT2D eigenvalue weighted by molar-refractivity contribution is 6.32. The molecule has 1 saturated heterocycles. The SMILES string of the molecule is NCCCCCN(O)C(=O)CCC(=O)N[C@@H]1C(=O)N2C(C(=O)O)=C(Cl)CC[C@H]12. The third-order valence-corrected chi connectivity index (χ3v) is 5.19. The Kier molecular flexibility index (Phi) is 7.78. The summed E-state index contributed by atoms with van der Waals surface area (Å²) in [4.78, 5) is 48.5. The van der Waals surface area contributed by atoms with Gasteiger partial charge in [0.1, 0.15) is 11.7 Å². The highest BCUT2D eigenvalue weighted by Gasteiger charge is 2.53. The number of unbranched alkanes of at least 4 members (excludes halogenated alkanes) is 2. The number of nitrogens with two attached hydrogens (primary N) is 1.